The van der Waals surface area contributed by atoms with Crippen LogP contribution in [0.3, 0.4) is 0 Å². The van der Waals surface area contributed by atoms with E-state index in [0.29, 0.717) is 0 Å². The number of nitrogens with two attached hydrogens (primary N) is 1. The minimum atomic E-state index is 0. The Morgan fingerprint density at radius 2 is 1.64 bits per heavy atom. The minimum Gasteiger partial charge on any atom is -0.333 e. The molecule has 2 aliphatic rings. The molecule has 1 heterocycles. The quantitative estimate of drug-likeness (QED) is 0.708. The van der Waals surface area contributed by atoms with E-state index in [-0.39, 0.29) is 1.43 Å². The Bertz CT molecular complexity index is 145. The van der Waals surface area contributed by atoms with Crippen LogP contribution in [0.1, 0.15) is 48.4 Å². The summed E-state index contributed by atoms with van der Waals surface area (Å²) in [6.07, 6.45) is 4.50. The maximum absolute atomic E-state index is 4.50. The van der Waals surface area contributed by atoms with Crippen LogP contribution in [-0.2, 0) is 0 Å². The van der Waals surface area contributed by atoms with Gasteiger partial charge in [-0.1, -0.05) is 13.8 Å². The second kappa shape index (κ2) is 6.41. The molecule has 1 aliphatic carbocycles. The van der Waals surface area contributed by atoms with Gasteiger partial charge in [0.1, 0.15) is 0 Å². The zero-order chi connectivity index (χ0) is 11.2. The molecule has 2 fully saturated rings. The van der Waals surface area contributed by atoms with Crippen molar-refractivity contribution in [3.63, 3.8) is 0 Å². The summed E-state index contributed by atoms with van der Waals surface area (Å²) >= 11 is 0. The smallest absolute Gasteiger partial charge is 0.00412 e. The molecule has 14 heavy (non-hydrogen) atoms. The SMILES string of the molecule is CC.CC(C)N1CCC2(CC2)C1.CN.[HH]. The lowest BCUT2D eigenvalue weighted by molar-refractivity contribution is 0.262. The number of hydrogen-bond acceptors (Lipinski definition) is 2. The first kappa shape index (κ1) is 13.9. The summed E-state index contributed by atoms with van der Waals surface area (Å²) in [5.74, 6) is 0. The number of hydrogen-bond donors (Lipinski definition) is 1. The Labute approximate surface area is 91.3 Å². The first-order valence-electron chi connectivity index (χ1n) is 6.04. The fraction of sp³-hybridized carbons (Fsp3) is 1.00. The first-order chi connectivity index (χ1) is 6.72. The summed E-state index contributed by atoms with van der Waals surface area (Å²) in [4.78, 5) is 2.62. The van der Waals surface area contributed by atoms with Gasteiger partial charge < -0.3 is 10.6 Å². The second-order valence-electron chi connectivity index (χ2n) is 4.31. The average molecular weight is 202 g/mol. The Balaban J connectivity index is 0. The normalized spacial score (nSPS) is 22.5. The molecule has 0 atom stereocenters. The monoisotopic (exact) mass is 202 g/mol. The molecule has 2 rings (SSSR count). The third-order valence-corrected chi connectivity index (χ3v) is 3.16. The maximum Gasteiger partial charge on any atom is 0.00412 e. The number of likely N-dealkylation sites (tertiary alicyclic amines) is 1. The van der Waals surface area contributed by atoms with Gasteiger partial charge in [0.25, 0.3) is 0 Å². The van der Waals surface area contributed by atoms with Crippen LogP contribution < -0.4 is 5.73 Å². The maximum atomic E-state index is 4.50. The van der Waals surface area contributed by atoms with Crippen LogP contribution in [0, 0.1) is 5.41 Å². The van der Waals surface area contributed by atoms with Gasteiger partial charge >= 0.3 is 0 Å². The molecule has 0 aromatic rings. The average Bonchev–Trinajstić information content (AvgIpc) is 2.82. The van der Waals surface area contributed by atoms with Crippen LogP contribution in [-0.4, -0.2) is 31.1 Å². The van der Waals surface area contributed by atoms with E-state index in [1.165, 1.54) is 39.4 Å². The molecule has 88 valence electrons. The summed E-state index contributed by atoms with van der Waals surface area (Å²) in [6, 6.07) is 0.778. The molecular weight excluding hydrogens is 172 g/mol. The fourth-order valence-corrected chi connectivity index (χ4v) is 2.00. The van der Waals surface area contributed by atoms with Gasteiger partial charge in [0.15, 0.2) is 0 Å². The number of nitrogens with zero attached hydrogens (tertiary/aromatic N) is 1. The minimum absolute atomic E-state index is 0. The van der Waals surface area contributed by atoms with Crippen molar-refractivity contribution in [1.82, 2.24) is 4.90 Å². The van der Waals surface area contributed by atoms with Gasteiger partial charge in [-0.25, -0.2) is 0 Å². The lowest BCUT2D eigenvalue weighted by Crippen LogP contribution is -2.28. The van der Waals surface area contributed by atoms with Crippen molar-refractivity contribution in [1.29, 1.82) is 0 Å². The molecule has 1 saturated heterocycles. The molecule has 2 N–H and O–H groups in total. The van der Waals surface area contributed by atoms with Crippen molar-refractivity contribution in [3.8, 4) is 0 Å². The van der Waals surface area contributed by atoms with Gasteiger partial charge in [-0.05, 0) is 52.1 Å². The van der Waals surface area contributed by atoms with Crippen molar-refractivity contribution in [3.05, 3.63) is 0 Å². The summed E-state index contributed by atoms with van der Waals surface area (Å²) in [7, 11) is 1.50. The van der Waals surface area contributed by atoms with E-state index < -0.39 is 0 Å². The predicted octanol–water partition coefficient (Wildman–Crippen LogP) is 2.73. The van der Waals surface area contributed by atoms with Crippen LogP contribution in [0.2, 0.25) is 0 Å². The van der Waals surface area contributed by atoms with E-state index in [1.54, 1.807) is 0 Å². The molecule has 0 radical (unpaired) electrons. The van der Waals surface area contributed by atoms with E-state index in [9.17, 15) is 0 Å². The highest BCUT2D eigenvalue weighted by atomic mass is 15.2. The molecule has 2 nitrogen and oxygen atoms in total. The van der Waals surface area contributed by atoms with Crippen LogP contribution in [0.25, 0.3) is 0 Å². The van der Waals surface area contributed by atoms with Crippen LogP contribution in [0.4, 0.5) is 0 Å². The summed E-state index contributed by atoms with van der Waals surface area (Å²) in [5, 5.41) is 0. The number of rotatable bonds is 1. The van der Waals surface area contributed by atoms with Crippen molar-refractivity contribution in [2.24, 2.45) is 11.1 Å². The third-order valence-electron chi connectivity index (χ3n) is 3.16. The van der Waals surface area contributed by atoms with Gasteiger partial charge in [-0.15, -0.1) is 0 Å². The molecule has 0 amide bonds. The van der Waals surface area contributed by atoms with Crippen molar-refractivity contribution in [2.45, 2.75) is 53.0 Å². The molecular formula is C12H30N2. The Morgan fingerprint density at radius 3 is 1.86 bits per heavy atom. The lowest BCUT2D eigenvalue weighted by atomic mass is 10.1. The molecule has 0 aromatic heterocycles. The largest absolute Gasteiger partial charge is 0.333 e. The van der Waals surface area contributed by atoms with E-state index in [1.807, 2.05) is 13.8 Å². The van der Waals surface area contributed by atoms with E-state index >= 15 is 0 Å². The van der Waals surface area contributed by atoms with Crippen LogP contribution in [0.5, 0.6) is 0 Å². The van der Waals surface area contributed by atoms with E-state index in [2.05, 4.69) is 24.5 Å². The topological polar surface area (TPSA) is 29.3 Å². The molecule has 0 aromatic carbocycles. The van der Waals surface area contributed by atoms with Gasteiger partial charge in [-0.2, -0.15) is 0 Å². The van der Waals surface area contributed by atoms with Gasteiger partial charge in [-0.3, -0.25) is 0 Å². The molecule has 1 spiro atoms. The van der Waals surface area contributed by atoms with Crippen molar-refractivity contribution >= 4 is 0 Å². The van der Waals surface area contributed by atoms with Gasteiger partial charge in [0, 0.05) is 14.0 Å². The molecule has 1 aliphatic heterocycles. The zero-order valence-corrected chi connectivity index (χ0v) is 10.6. The zero-order valence-electron chi connectivity index (χ0n) is 10.6. The van der Waals surface area contributed by atoms with Gasteiger partial charge in [0.05, 0.1) is 0 Å². The second-order valence-corrected chi connectivity index (χ2v) is 4.31. The first-order valence-corrected chi connectivity index (χ1v) is 6.04. The highest BCUT2D eigenvalue weighted by Crippen LogP contribution is 2.52. The Morgan fingerprint density at radius 1 is 1.14 bits per heavy atom. The molecule has 0 unspecified atom stereocenters. The van der Waals surface area contributed by atoms with E-state index in [4.69, 9.17) is 0 Å². The fourth-order valence-electron chi connectivity index (χ4n) is 2.00. The Hall–Kier alpha value is -0.0800. The lowest BCUT2D eigenvalue weighted by Gasteiger charge is -2.19. The predicted molar refractivity (Wildman–Crippen MR) is 66.6 cm³/mol. The Kier molecular flexibility index (Phi) is 6.38. The van der Waals surface area contributed by atoms with Crippen molar-refractivity contribution < 1.29 is 1.43 Å². The molecule has 2 heteroatoms. The third kappa shape index (κ3) is 3.58. The van der Waals surface area contributed by atoms with Crippen LogP contribution >= 0.6 is 0 Å². The summed E-state index contributed by atoms with van der Waals surface area (Å²) in [5.41, 5.74) is 5.32. The molecule has 0 bridgehead atoms. The van der Waals surface area contributed by atoms with Crippen LogP contribution in [0.15, 0.2) is 0 Å². The van der Waals surface area contributed by atoms with Crippen molar-refractivity contribution in [2.75, 3.05) is 20.1 Å². The summed E-state index contributed by atoms with van der Waals surface area (Å²) < 4.78 is 0. The summed E-state index contributed by atoms with van der Waals surface area (Å²) in [6.45, 7) is 11.4. The highest BCUT2D eigenvalue weighted by Gasteiger charge is 2.47. The highest BCUT2D eigenvalue weighted by molar-refractivity contribution is 5.00. The van der Waals surface area contributed by atoms with Gasteiger partial charge in [0.2, 0.25) is 0 Å². The molecule has 1 saturated carbocycles. The van der Waals surface area contributed by atoms with E-state index in [0.717, 1.165) is 11.5 Å². The standard InChI is InChI=1S/C9H17N.C2H6.CH5N.H2/c1-8(2)10-6-5-9(7-10)3-4-9;2*1-2;/h8H,3-7H2,1-2H3;1-2H3;2H2,1H3;1H.